The molecule has 2 aromatic carbocycles. The summed E-state index contributed by atoms with van der Waals surface area (Å²) in [5.74, 6) is -0.179. The maximum absolute atomic E-state index is 12.8. The summed E-state index contributed by atoms with van der Waals surface area (Å²) < 4.78 is 0. The summed E-state index contributed by atoms with van der Waals surface area (Å²) in [5, 5.41) is 9.15. The number of pyridine rings is 1. The van der Waals surface area contributed by atoms with Crippen LogP contribution in [0.4, 0.5) is 5.69 Å². The second-order valence-electron chi connectivity index (χ2n) is 7.15. The van der Waals surface area contributed by atoms with Crippen LogP contribution in [-0.4, -0.2) is 22.8 Å². The Balaban J connectivity index is 1.76. The van der Waals surface area contributed by atoms with Crippen molar-refractivity contribution in [2.75, 3.05) is 5.32 Å². The predicted octanol–water partition coefficient (Wildman–Crippen LogP) is 4.08. The van der Waals surface area contributed by atoms with E-state index in [1.165, 1.54) is 6.92 Å². The largest absolute Gasteiger partial charge is 0.352 e. The van der Waals surface area contributed by atoms with Gasteiger partial charge in [0.1, 0.15) is 0 Å². The summed E-state index contributed by atoms with van der Waals surface area (Å²) >= 11 is 6.34. The molecule has 0 aliphatic heterocycles. The molecule has 3 N–H and O–H groups in total. The van der Waals surface area contributed by atoms with Crippen molar-refractivity contribution in [2.45, 2.75) is 26.9 Å². The van der Waals surface area contributed by atoms with Gasteiger partial charge in [0, 0.05) is 25.2 Å². The van der Waals surface area contributed by atoms with E-state index in [-0.39, 0.29) is 24.3 Å². The van der Waals surface area contributed by atoms with Gasteiger partial charge in [0.15, 0.2) is 0 Å². The van der Waals surface area contributed by atoms with E-state index in [4.69, 9.17) is 11.6 Å². The molecule has 0 unspecified atom stereocenters. The van der Waals surface area contributed by atoms with Crippen molar-refractivity contribution in [3.63, 3.8) is 0 Å². The molecule has 0 saturated heterocycles. The molecule has 0 aliphatic carbocycles. The molecule has 3 rings (SSSR count). The number of aryl methyl sites for hydroxylation is 1. The number of carbonyl (C=O) groups excluding carboxylic acids is 2. The Morgan fingerprint density at radius 3 is 2.50 bits per heavy atom. The van der Waals surface area contributed by atoms with Gasteiger partial charge in [-0.1, -0.05) is 35.9 Å². The predicted molar refractivity (Wildman–Crippen MR) is 127 cm³/mol. The van der Waals surface area contributed by atoms with E-state index in [1.54, 1.807) is 30.5 Å². The van der Waals surface area contributed by atoms with E-state index in [1.807, 2.05) is 43.3 Å². The number of benzene rings is 2. The summed E-state index contributed by atoms with van der Waals surface area (Å²) in [6.07, 6.45) is 1.69. The second-order valence-corrected chi connectivity index (χ2v) is 7.56. The van der Waals surface area contributed by atoms with Crippen molar-refractivity contribution in [1.82, 2.24) is 15.6 Å². The first-order valence-corrected chi connectivity index (χ1v) is 10.4. The fourth-order valence-electron chi connectivity index (χ4n) is 2.79. The topological polar surface area (TPSA) is 95.5 Å². The van der Waals surface area contributed by atoms with Gasteiger partial charge in [-0.2, -0.15) is 0 Å². The lowest BCUT2D eigenvalue weighted by Gasteiger charge is -2.13. The summed E-state index contributed by atoms with van der Waals surface area (Å²) in [6, 6.07) is 18.1. The summed E-state index contributed by atoms with van der Waals surface area (Å²) in [7, 11) is 0. The molecule has 2 amide bonds. The van der Waals surface area contributed by atoms with Crippen LogP contribution in [0.15, 0.2) is 71.9 Å². The number of halogens is 1. The molecule has 3 aromatic rings. The van der Waals surface area contributed by atoms with Crippen LogP contribution in [0.25, 0.3) is 0 Å². The van der Waals surface area contributed by atoms with Gasteiger partial charge in [0.05, 0.1) is 22.9 Å². The SMILES string of the molecule is CC(=O)NCc1ccc(C(=O)NC(=NCc2ccccn2)Nc2ccc(C)cc2Cl)cc1. The van der Waals surface area contributed by atoms with E-state index in [2.05, 4.69) is 25.9 Å². The van der Waals surface area contributed by atoms with Gasteiger partial charge < -0.3 is 10.6 Å². The highest BCUT2D eigenvalue weighted by atomic mass is 35.5. The molecule has 0 aliphatic rings. The highest BCUT2D eigenvalue weighted by molar-refractivity contribution is 6.34. The van der Waals surface area contributed by atoms with E-state index < -0.39 is 0 Å². The third kappa shape index (κ3) is 6.92. The van der Waals surface area contributed by atoms with Gasteiger partial charge in [0.25, 0.3) is 5.91 Å². The van der Waals surface area contributed by atoms with Gasteiger partial charge in [-0.05, 0) is 54.4 Å². The highest BCUT2D eigenvalue weighted by Crippen LogP contribution is 2.22. The average Bonchev–Trinajstić information content (AvgIpc) is 2.78. The van der Waals surface area contributed by atoms with Crippen molar-refractivity contribution >= 4 is 35.1 Å². The van der Waals surface area contributed by atoms with E-state index in [0.29, 0.717) is 22.8 Å². The van der Waals surface area contributed by atoms with Crippen LogP contribution in [0.5, 0.6) is 0 Å². The molecule has 8 heteroatoms. The maximum Gasteiger partial charge on any atom is 0.257 e. The van der Waals surface area contributed by atoms with Crippen LogP contribution < -0.4 is 16.0 Å². The van der Waals surface area contributed by atoms with Crippen LogP contribution >= 0.6 is 11.6 Å². The number of nitrogens with one attached hydrogen (secondary N) is 3. The third-order valence-electron chi connectivity index (χ3n) is 4.49. The molecule has 0 saturated carbocycles. The number of aliphatic imine (C=N–C) groups is 1. The first-order chi connectivity index (χ1) is 15.4. The van der Waals surface area contributed by atoms with Gasteiger partial charge in [0.2, 0.25) is 11.9 Å². The van der Waals surface area contributed by atoms with E-state index in [0.717, 1.165) is 16.8 Å². The summed E-state index contributed by atoms with van der Waals surface area (Å²) in [5.41, 5.74) is 3.77. The molecular weight excluding hydrogens is 426 g/mol. The molecule has 0 atom stereocenters. The zero-order valence-corrected chi connectivity index (χ0v) is 18.6. The van der Waals surface area contributed by atoms with Crippen molar-refractivity contribution in [2.24, 2.45) is 4.99 Å². The van der Waals surface area contributed by atoms with E-state index in [9.17, 15) is 9.59 Å². The zero-order chi connectivity index (χ0) is 22.9. The smallest absolute Gasteiger partial charge is 0.257 e. The number of hydrogen-bond acceptors (Lipinski definition) is 4. The molecule has 0 spiro atoms. The molecule has 32 heavy (non-hydrogen) atoms. The Hall–Kier alpha value is -3.71. The molecule has 1 heterocycles. The van der Waals surface area contributed by atoms with Crippen LogP contribution in [0.2, 0.25) is 5.02 Å². The number of anilines is 1. The Labute approximate surface area is 191 Å². The Morgan fingerprint density at radius 1 is 1.06 bits per heavy atom. The van der Waals surface area contributed by atoms with Crippen molar-refractivity contribution in [3.8, 4) is 0 Å². The second kappa shape index (κ2) is 11.1. The molecule has 0 bridgehead atoms. The zero-order valence-electron chi connectivity index (χ0n) is 17.9. The Bertz CT molecular complexity index is 1110. The summed E-state index contributed by atoms with van der Waals surface area (Å²) in [4.78, 5) is 32.6. The first-order valence-electron chi connectivity index (χ1n) is 10.0. The monoisotopic (exact) mass is 449 g/mol. The minimum Gasteiger partial charge on any atom is -0.352 e. The lowest BCUT2D eigenvalue weighted by molar-refractivity contribution is -0.119. The number of hydrogen-bond donors (Lipinski definition) is 3. The lowest BCUT2D eigenvalue weighted by Crippen LogP contribution is -2.36. The van der Waals surface area contributed by atoms with Crippen molar-refractivity contribution in [1.29, 1.82) is 0 Å². The normalized spacial score (nSPS) is 11.0. The van der Waals surface area contributed by atoms with Crippen molar-refractivity contribution < 1.29 is 9.59 Å². The number of nitrogens with zero attached hydrogens (tertiary/aromatic N) is 2. The number of amides is 2. The quantitative estimate of drug-likeness (QED) is 0.390. The third-order valence-corrected chi connectivity index (χ3v) is 4.81. The Kier molecular flexibility index (Phi) is 7.94. The standard InChI is InChI=1S/C24H24ClN5O2/c1-16-6-11-22(21(25)13-16)29-24(28-15-20-5-3-4-12-26-20)30-23(32)19-9-7-18(8-10-19)14-27-17(2)31/h3-13H,14-15H2,1-2H3,(H,27,31)(H2,28,29,30,32). The van der Waals surface area contributed by atoms with Crippen LogP contribution in [0, 0.1) is 6.92 Å². The van der Waals surface area contributed by atoms with Gasteiger partial charge >= 0.3 is 0 Å². The van der Waals surface area contributed by atoms with Gasteiger partial charge in [-0.15, -0.1) is 0 Å². The van der Waals surface area contributed by atoms with Gasteiger partial charge in [-0.3, -0.25) is 19.9 Å². The van der Waals surface area contributed by atoms with Crippen molar-refractivity contribution in [3.05, 3.63) is 94.3 Å². The lowest BCUT2D eigenvalue weighted by atomic mass is 10.1. The van der Waals surface area contributed by atoms with Crippen LogP contribution in [-0.2, 0) is 17.9 Å². The molecule has 0 radical (unpaired) electrons. The van der Waals surface area contributed by atoms with Crippen LogP contribution in [0.3, 0.4) is 0 Å². The van der Waals surface area contributed by atoms with Crippen LogP contribution in [0.1, 0.15) is 34.1 Å². The fraction of sp³-hybridized carbons (Fsp3) is 0.167. The molecule has 1 aromatic heterocycles. The highest BCUT2D eigenvalue weighted by Gasteiger charge is 2.11. The number of rotatable bonds is 6. The maximum atomic E-state index is 12.8. The number of aromatic nitrogens is 1. The summed E-state index contributed by atoms with van der Waals surface area (Å²) in [6.45, 7) is 4.09. The minimum absolute atomic E-state index is 0.110. The molecule has 7 nitrogen and oxygen atoms in total. The Morgan fingerprint density at radius 2 is 1.84 bits per heavy atom. The molecule has 0 fully saturated rings. The van der Waals surface area contributed by atoms with Gasteiger partial charge in [-0.25, -0.2) is 4.99 Å². The molecular formula is C24H24ClN5O2. The molecule has 164 valence electrons. The van der Waals surface area contributed by atoms with E-state index >= 15 is 0 Å². The number of carbonyl (C=O) groups is 2. The average molecular weight is 450 g/mol. The first kappa shape index (κ1) is 23.0. The minimum atomic E-state index is -0.327. The fourth-order valence-corrected chi connectivity index (χ4v) is 3.07. The number of guanidine groups is 1.